The van der Waals surface area contributed by atoms with E-state index in [-0.39, 0.29) is 12.4 Å². The summed E-state index contributed by atoms with van der Waals surface area (Å²) in [6.45, 7) is 0. The molecule has 0 saturated heterocycles. The van der Waals surface area contributed by atoms with Crippen molar-refractivity contribution >= 4 is 40.9 Å². The molecule has 0 amide bonds. The van der Waals surface area contributed by atoms with Gasteiger partial charge in [-0.2, -0.15) is 0 Å². The fourth-order valence-electron chi connectivity index (χ4n) is 1.28. The number of nitrogens with zero attached hydrogens (tertiary/aromatic N) is 1. The summed E-state index contributed by atoms with van der Waals surface area (Å²) >= 11 is 11.2. The van der Waals surface area contributed by atoms with E-state index in [0.29, 0.717) is 5.02 Å². The predicted octanol–water partition coefficient (Wildman–Crippen LogP) is 3.13. The van der Waals surface area contributed by atoms with Gasteiger partial charge in [0.2, 0.25) is 5.24 Å². The van der Waals surface area contributed by atoms with Crippen molar-refractivity contribution in [1.82, 2.24) is 4.90 Å². The van der Waals surface area contributed by atoms with Crippen molar-refractivity contribution in [3.05, 3.63) is 34.9 Å². The molecule has 1 rings (SSSR count). The minimum atomic E-state index is -0.408. The van der Waals surface area contributed by atoms with Crippen LogP contribution in [0.3, 0.4) is 0 Å². The van der Waals surface area contributed by atoms with Crippen LogP contribution in [0.15, 0.2) is 24.3 Å². The van der Waals surface area contributed by atoms with E-state index in [9.17, 15) is 4.79 Å². The summed E-state index contributed by atoms with van der Waals surface area (Å²) in [6.07, 6.45) is 0. The zero-order chi connectivity index (χ0) is 10.7. The minimum absolute atomic E-state index is 0. The molecule has 1 atom stereocenters. The molecule has 15 heavy (non-hydrogen) atoms. The highest BCUT2D eigenvalue weighted by atomic mass is 35.5. The van der Waals surface area contributed by atoms with Gasteiger partial charge in [0.15, 0.2) is 0 Å². The molecule has 1 aromatic rings. The van der Waals surface area contributed by atoms with E-state index in [0.717, 1.165) is 5.56 Å². The van der Waals surface area contributed by atoms with Crippen LogP contribution in [0.1, 0.15) is 11.6 Å². The van der Waals surface area contributed by atoms with Gasteiger partial charge >= 0.3 is 0 Å². The monoisotopic (exact) mass is 267 g/mol. The first-order valence-electron chi connectivity index (χ1n) is 4.13. The van der Waals surface area contributed by atoms with E-state index in [1.807, 2.05) is 0 Å². The smallest absolute Gasteiger partial charge is 0.243 e. The van der Waals surface area contributed by atoms with Crippen LogP contribution in [0, 0.1) is 0 Å². The molecule has 0 spiro atoms. The van der Waals surface area contributed by atoms with Gasteiger partial charge in [0.05, 0.1) is 0 Å². The van der Waals surface area contributed by atoms with Crippen LogP contribution in [0.5, 0.6) is 0 Å². The van der Waals surface area contributed by atoms with Gasteiger partial charge < -0.3 is 0 Å². The third-order valence-corrected chi connectivity index (χ3v) is 2.38. The molecule has 0 aliphatic heterocycles. The summed E-state index contributed by atoms with van der Waals surface area (Å²) in [5, 5.41) is 0.255. The summed E-state index contributed by atoms with van der Waals surface area (Å²) in [5.74, 6) is 0. The largest absolute Gasteiger partial charge is 0.295 e. The van der Waals surface area contributed by atoms with Gasteiger partial charge in [-0.05, 0) is 43.4 Å². The zero-order valence-electron chi connectivity index (χ0n) is 8.41. The Morgan fingerprint density at radius 3 is 2.07 bits per heavy atom. The van der Waals surface area contributed by atoms with Gasteiger partial charge in [-0.15, -0.1) is 12.4 Å². The molecule has 0 aliphatic rings. The average molecular weight is 269 g/mol. The highest BCUT2D eigenvalue weighted by Crippen LogP contribution is 2.22. The lowest BCUT2D eigenvalue weighted by atomic mass is 10.1. The number of benzene rings is 1. The van der Waals surface area contributed by atoms with Crippen molar-refractivity contribution in [3.8, 4) is 0 Å². The van der Waals surface area contributed by atoms with Gasteiger partial charge in [-0.1, -0.05) is 23.7 Å². The third kappa shape index (κ3) is 3.99. The van der Waals surface area contributed by atoms with Crippen LogP contribution in [-0.4, -0.2) is 24.2 Å². The molecule has 0 saturated carbocycles. The standard InChI is InChI=1S/C10H11Cl2NO.ClH/c1-13(2)9(10(12)14)7-3-5-8(11)6-4-7;/h3-6,9H,1-2H3;1H. The van der Waals surface area contributed by atoms with Gasteiger partial charge in [-0.3, -0.25) is 9.69 Å². The maximum Gasteiger partial charge on any atom is 0.243 e. The van der Waals surface area contributed by atoms with E-state index >= 15 is 0 Å². The molecule has 0 heterocycles. The summed E-state index contributed by atoms with van der Waals surface area (Å²) in [6, 6.07) is 6.68. The van der Waals surface area contributed by atoms with E-state index in [4.69, 9.17) is 23.2 Å². The first-order chi connectivity index (χ1) is 6.52. The first kappa shape index (κ1) is 14.7. The summed E-state index contributed by atoms with van der Waals surface area (Å²) in [7, 11) is 3.61. The highest BCUT2D eigenvalue weighted by molar-refractivity contribution is 6.64. The summed E-state index contributed by atoms with van der Waals surface area (Å²) in [4.78, 5) is 12.9. The maximum absolute atomic E-state index is 11.2. The topological polar surface area (TPSA) is 20.3 Å². The number of likely N-dealkylation sites (N-methyl/N-ethyl adjacent to an activating group) is 1. The Kier molecular flexibility index (Phi) is 6.22. The lowest BCUT2D eigenvalue weighted by Gasteiger charge is -2.20. The molecule has 2 nitrogen and oxygen atoms in total. The van der Waals surface area contributed by atoms with Gasteiger partial charge in [0.25, 0.3) is 0 Å². The fraction of sp³-hybridized carbons (Fsp3) is 0.300. The van der Waals surface area contributed by atoms with Crippen LogP contribution >= 0.6 is 35.6 Å². The molecule has 0 bridgehead atoms. The number of rotatable bonds is 3. The first-order valence-corrected chi connectivity index (χ1v) is 4.89. The molecule has 0 radical (unpaired) electrons. The van der Waals surface area contributed by atoms with Crippen molar-refractivity contribution < 1.29 is 4.79 Å². The second kappa shape index (κ2) is 6.33. The number of carbonyl (C=O) groups is 1. The number of hydrogen-bond acceptors (Lipinski definition) is 2. The lowest BCUT2D eigenvalue weighted by Crippen LogP contribution is -2.24. The highest BCUT2D eigenvalue weighted by Gasteiger charge is 2.20. The second-order valence-corrected chi connectivity index (χ2v) is 4.03. The van der Waals surface area contributed by atoms with E-state index < -0.39 is 11.3 Å². The van der Waals surface area contributed by atoms with E-state index in [2.05, 4.69) is 0 Å². The van der Waals surface area contributed by atoms with Gasteiger partial charge in [0.1, 0.15) is 6.04 Å². The predicted molar refractivity (Wildman–Crippen MR) is 66.0 cm³/mol. The maximum atomic E-state index is 11.2. The number of carbonyl (C=O) groups excluding carboxylic acids is 1. The fourth-order valence-corrected chi connectivity index (χ4v) is 1.72. The molecule has 0 aliphatic carbocycles. The zero-order valence-corrected chi connectivity index (χ0v) is 10.7. The van der Waals surface area contributed by atoms with Crippen molar-refractivity contribution in [2.75, 3.05) is 14.1 Å². The average Bonchev–Trinajstić information content (AvgIpc) is 2.07. The molecule has 5 heteroatoms. The van der Waals surface area contributed by atoms with Crippen LogP contribution < -0.4 is 0 Å². The van der Waals surface area contributed by atoms with E-state index in [1.54, 1.807) is 43.3 Å². The Balaban J connectivity index is 0.00000196. The molecule has 0 N–H and O–H groups in total. The molecule has 0 fully saturated rings. The number of hydrogen-bond donors (Lipinski definition) is 0. The lowest BCUT2D eigenvalue weighted by molar-refractivity contribution is -0.115. The minimum Gasteiger partial charge on any atom is -0.295 e. The van der Waals surface area contributed by atoms with Gasteiger partial charge in [0, 0.05) is 5.02 Å². The summed E-state index contributed by atoms with van der Waals surface area (Å²) in [5.41, 5.74) is 0.847. The van der Waals surface area contributed by atoms with Gasteiger partial charge in [-0.25, -0.2) is 0 Å². The summed E-state index contributed by atoms with van der Waals surface area (Å²) < 4.78 is 0. The van der Waals surface area contributed by atoms with Crippen LogP contribution in [-0.2, 0) is 4.79 Å². The Labute approximate surface area is 106 Å². The van der Waals surface area contributed by atoms with Crippen molar-refractivity contribution in [1.29, 1.82) is 0 Å². The molecule has 0 aromatic heterocycles. The number of halogens is 3. The normalized spacial score (nSPS) is 12.1. The molecular weight excluding hydrogens is 256 g/mol. The SMILES string of the molecule is CN(C)C(C(=O)Cl)c1ccc(Cl)cc1.Cl. The van der Waals surface area contributed by atoms with Crippen LogP contribution in [0.25, 0.3) is 0 Å². The van der Waals surface area contributed by atoms with Crippen LogP contribution in [0.4, 0.5) is 0 Å². The molecule has 1 unspecified atom stereocenters. The quantitative estimate of drug-likeness (QED) is 0.785. The van der Waals surface area contributed by atoms with Crippen molar-refractivity contribution in [2.24, 2.45) is 0 Å². The Bertz CT molecular complexity index is 324. The van der Waals surface area contributed by atoms with Crippen molar-refractivity contribution in [3.63, 3.8) is 0 Å². The second-order valence-electron chi connectivity index (χ2n) is 3.22. The molecule has 84 valence electrons. The Morgan fingerprint density at radius 2 is 1.73 bits per heavy atom. The Morgan fingerprint density at radius 1 is 1.27 bits per heavy atom. The Hall–Kier alpha value is -0.280. The molecular formula is C10H12Cl3NO. The van der Waals surface area contributed by atoms with Crippen molar-refractivity contribution in [2.45, 2.75) is 6.04 Å². The van der Waals surface area contributed by atoms with Crippen LogP contribution in [0.2, 0.25) is 5.02 Å². The van der Waals surface area contributed by atoms with E-state index in [1.165, 1.54) is 0 Å². The molecule has 1 aromatic carbocycles. The third-order valence-electron chi connectivity index (χ3n) is 1.92.